The Hall–Kier alpha value is -3.80. The molecule has 0 aliphatic carbocycles. The highest BCUT2D eigenvalue weighted by Crippen LogP contribution is 2.34. The minimum Gasteiger partial charge on any atom is -0.465 e. The molecule has 180 valence electrons. The topological polar surface area (TPSA) is 135 Å². The summed E-state index contributed by atoms with van der Waals surface area (Å²) in [5.74, 6) is -0.796. The molecule has 3 aromatic rings. The monoisotopic (exact) mass is 491 g/mol. The van der Waals surface area contributed by atoms with Gasteiger partial charge in [0.2, 0.25) is 5.95 Å². The van der Waals surface area contributed by atoms with E-state index < -0.39 is 29.8 Å². The Labute approximate surface area is 199 Å². The molecule has 3 aromatic heterocycles. The quantitative estimate of drug-likeness (QED) is 0.492. The summed E-state index contributed by atoms with van der Waals surface area (Å²) in [6.07, 6.45) is 0.478. The summed E-state index contributed by atoms with van der Waals surface area (Å²) in [7, 11) is 1.50. The van der Waals surface area contributed by atoms with Gasteiger partial charge in [-0.3, -0.25) is 15.2 Å². The third-order valence-corrected chi connectivity index (χ3v) is 4.76. The smallest absolute Gasteiger partial charge is 0.413 e. The molecule has 0 spiro atoms. The fourth-order valence-electron chi connectivity index (χ4n) is 3.13. The second-order valence-electron chi connectivity index (χ2n) is 8.31. The van der Waals surface area contributed by atoms with Gasteiger partial charge in [0.1, 0.15) is 5.60 Å². The lowest BCUT2D eigenvalue weighted by Gasteiger charge is -2.27. The number of rotatable bonds is 5. The Morgan fingerprint density at radius 3 is 2.56 bits per heavy atom. The first-order valence-corrected chi connectivity index (χ1v) is 10.4. The number of anilines is 2. The van der Waals surface area contributed by atoms with Crippen molar-refractivity contribution in [1.29, 1.82) is 0 Å². The predicted molar refractivity (Wildman–Crippen MR) is 122 cm³/mol. The van der Waals surface area contributed by atoms with Gasteiger partial charge < -0.3 is 9.84 Å². The number of ether oxygens (including phenoxy) is 1. The van der Waals surface area contributed by atoms with Crippen molar-refractivity contribution in [1.82, 2.24) is 25.0 Å². The van der Waals surface area contributed by atoms with E-state index in [-0.39, 0.29) is 27.8 Å². The van der Waals surface area contributed by atoms with Gasteiger partial charge in [0, 0.05) is 18.8 Å². The number of aromatic nitrogens is 5. The molecule has 34 heavy (non-hydrogen) atoms. The van der Waals surface area contributed by atoms with Gasteiger partial charge in [0.05, 0.1) is 28.6 Å². The summed E-state index contributed by atoms with van der Waals surface area (Å²) in [4.78, 5) is 32.9. The van der Waals surface area contributed by atoms with Gasteiger partial charge in [-0.25, -0.2) is 19.3 Å². The van der Waals surface area contributed by atoms with Crippen molar-refractivity contribution >= 4 is 35.3 Å². The number of carboxylic acid groups (broad SMARTS) is 1. The number of nitrogens with one attached hydrogen (secondary N) is 1. The number of halogens is 2. The molecule has 1 unspecified atom stereocenters. The second-order valence-corrected chi connectivity index (χ2v) is 8.74. The van der Waals surface area contributed by atoms with Crippen LogP contribution >= 0.6 is 11.6 Å². The molecule has 2 N–H and O–H groups in total. The molecular weight excluding hydrogens is 469 g/mol. The standard InChI is InChI=1S/C21H23ClFN7O4/c1-11(14-8-12(22)9-25-17(14)23)30(20(32)33)18-16(27-28-29(18)5)15-7-6-13(10-24-15)26-19(31)34-21(2,3)4/h6-11H,1-5H3,(H,26,31)(H,32,33). The van der Waals surface area contributed by atoms with Crippen LogP contribution in [0.15, 0.2) is 30.6 Å². The van der Waals surface area contributed by atoms with Crippen molar-refractivity contribution in [2.24, 2.45) is 7.05 Å². The van der Waals surface area contributed by atoms with Crippen LogP contribution in [0.5, 0.6) is 0 Å². The van der Waals surface area contributed by atoms with Crippen LogP contribution in [0.3, 0.4) is 0 Å². The molecule has 1 atom stereocenters. The number of carbonyl (C=O) groups excluding carboxylic acids is 1. The van der Waals surface area contributed by atoms with Gasteiger partial charge in [-0.05, 0) is 45.9 Å². The molecule has 13 heteroatoms. The van der Waals surface area contributed by atoms with Gasteiger partial charge in [-0.2, -0.15) is 4.39 Å². The van der Waals surface area contributed by atoms with Gasteiger partial charge in [-0.15, -0.1) is 5.10 Å². The van der Waals surface area contributed by atoms with E-state index in [9.17, 15) is 19.1 Å². The molecule has 0 saturated heterocycles. The minimum absolute atomic E-state index is 0.0214. The van der Waals surface area contributed by atoms with E-state index in [0.717, 1.165) is 11.1 Å². The highest BCUT2D eigenvalue weighted by molar-refractivity contribution is 6.30. The first-order chi connectivity index (χ1) is 15.9. The predicted octanol–water partition coefficient (Wildman–Crippen LogP) is 4.66. The molecule has 3 heterocycles. The fourth-order valence-corrected chi connectivity index (χ4v) is 3.29. The van der Waals surface area contributed by atoms with Crippen molar-refractivity contribution in [2.75, 3.05) is 10.2 Å². The Morgan fingerprint density at radius 1 is 1.26 bits per heavy atom. The van der Waals surface area contributed by atoms with E-state index in [4.69, 9.17) is 16.3 Å². The zero-order chi connectivity index (χ0) is 25.2. The first-order valence-electron chi connectivity index (χ1n) is 10.1. The van der Waals surface area contributed by atoms with Crippen LogP contribution in [-0.4, -0.2) is 47.9 Å². The maximum atomic E-state index is 14.4. The molecule has 2 amide bonds. The van der Waals surface area contributed by atoms with E-state index in [1.165, 1.54) is 37.0 Å². The summed E-state index contributed by atoms with van der Waals surface area (Å²) in [5.41, 5.74) is 0.0869. The zero-order valence-corrected chi connectivity index (χ0v) is 19.8. The van der Waals surface area contributed by atoms with E-state index in [1.54, 1.807) is 26.8 Å². The summed E-state index contributed by atoms with van der Waals surface area (Å²) >= 11 is 5.94. The third-order valence-electron chi connectivity index (χ3n) is 4.55. The van der Waals surface area contributed by atoms with Crippen molar-refractivity contribution in [3.8, 4) is 11.4 Å². The van der Waals surface area contributed by atoms with Crippen molar-refractivity contribution in [2.45, 2.75) is 39.3 Å². The van der Waals surface area contributed by atoms with Crippen LogP contribution in [0, 0.1) is 5.95 Å². The Morgan fingerprint density at radius 2 is 1.97 bits per heavy atom. The van der Waals surface area contributed by atoms with Crippen LogP contribution in [0.2, 0.25) is 5.02 Å². The number of carbonyl (C=O) groups is 2. The van der Waals surface area contributed by atoms with E-state index in [2.05, 4.69) is 25.6 Å². The van der Waals surface area contributed by atoms with Crippen molar-refractivity contribution in [3.63, 3.8) is 0 Å². The molecule has 0 aromatic carbocycles. The molecule has 3 rings (SSSR count). The number of hydrogen-bond acceptors (Lipinski definition) is 7. The maximum absolute atomic E-state index is 14.4. The van der Waals surface area contributed by atoms with Gasteiger partial charge in [-0.1, -0.05) is 16.8 Å². The molecule has 0 fully saturated rings. The van der Waals surface area contributed by atoms with Crippen molar-refractivity contribution < 1.29 is 23.8 Å². The lowest BCUT2D eigenvalue weighted by atomic mass is 10.1. The number of nitrogens with zero attached hydrogens (tertiary/aromatic N) is 6. The van der Waals surface area contributed by atoms with Crippen LogP contribution in [0.4, 0.5) is 25.5 Å². The van der Waals surface area contributed by atoms with Crippen LogP contribution in [0.25, 0.3) is 11.4 Å². The van der Waals surface area contributed by atoms with E-state index >= 15 is 0 Å². The largest absolute Gasteiger partial charge is 0.465 e. The third kappa shape index (κ3) is 5.57. The zero-order valence-electron chi connectivity index (χ0n) is 19.1. The maximum Gasteiger partial charge on any atom is 0.413 e. The summed E-state index contributed by atoms with van der Waals surface area (Å²) in [6, 6.07) is 3.38. The van der Waals surface area contributed by atoms with Gasteiger partial charge >= 0.3 is 12.2 Å². The Kier molecular flexibility index (Phi) is 7.01. The number of hydrogen-bond donors (Lipinski definition) is 2. The van der Waals surface area contributed by atoms with E-state index in [1.807, 2.05) is 0 Å². The normalized spacial score (nSPS) is 12.2. The molecule has 0 bridgehead atoms. The Balaban J connectivity index is 1.95. The summed E-state index contributed by atoms with van der Waals surface area (Å²) < 4.78 is 20.8. The molecule has 0 aliphatic rings. The lowest BCUT2D eigenvalue weighted by Crippen LogP contribution is -2.34. The Bertz CT molecular complexity index is 1210. The fraction of sp³-hybridized carbons (Fsp3) is 0.333. The van der Waals surface area contributed by atoms with Crippen LogP contribution < -0.4 is 10.2 Å². The van der Waals surface area contributed by atoms with Crippen molar-refractivity contribution in [3.05, 3.63) is 47.1 Å². The van der Waals surface area contributed by atoms with Gasteiger partial charge in [0.15, 0.2) is 11.5 Å². The molecule has 0 aliphatic heterocycles. The number of aryl methyl sites for hydroxylation is 1. The average molecular weight is 492 g/mol. The van der Waals surface area contributed by atoms with Crippen LogP contribution in [-0.2, 0) is 11.8 Å². The second kappa shape index (κ2) is 9.59. The lowest BCUT2D eigenvalue weighted by molar-refractivity contribution is 0.0636. The average Bonchev–Trinajstić information content (AvgIpc) is 3.10. The number of pyridine rings is 2. The molecule has 0 radical (unpaired) electrons. The number of amides is 2. The van der Waals surface area contributed by atoms with E-state index in [0.29, 0.717) is 5.69 Å². The highest BCUT2D eigenvalue weighted by atomic mass is 35.5. The highest BCUT2D eigenvalue weighted by Gasteiger charge is 2.32. The molecule has 0 saturated carbocycles. The summed E-state index contributed by atoms with van der Waals surface area (Å²) in [5, 5.41) is 20.6. The molecule has 11 nitrogen and oxygen atoms in total. The first kappa shape index (κ1) is 24.8. The SMILES string of the molecule is CC(c1cc(Cl)cnc1F)N(C(=O)O)c1c(-c2ccc(NC(=O)OC(C)(C)C)cn2)nnn1C. The van der Waals surface area contributed by atoms with Crippen LogP contribution in [0.1, 0.15) is 39.3 Å². The minimum atomic E-state index is -1.37. The summed E-state index contributed by atoms with van der Waals surface area (Å²) in [6.45, 7) is 6.71. The van der Waals surface area contributed by atoms with Gasteiger partial charge in [0.25, 0.3) is 0 Å². The molecular formula is C21H23ClFN7O4.